The fourth-order valence-electron chi connectivity index (χ4n) is 2.09. The lowest BCUT2D eigenvalue weighted by atomic mass is 10.0. The number of carboxylic acid groups (broad SMARTS) is 1. The molecule has 0 saturated carbocycles. The largest absolute Gasteiger partial charge is 0.573 e. The smallest absolute Gasteiger partial charge is 0.478 e. The van der Waals surface area contributed by atoms with E-state index in [1.807, 2.05) is 0 Å². The van der Waals surface area contributed by atoms with Gasteiger partial charge in [0.05, 0.1) is 0 Å². The van der Waals surface area contributed by atoms with Gasteiger partial charge in [-0.15, -0.1) is 13.2 Å². The zero-order valence-electron chi connectivity index (χ0n) is 13.3. The molecule has 8 heteroatoms. The van der Waals surface area contributed by atoms with Crippen molar-refractivity contribution in [3.8, 4) is 17.6 Å². The molecule has 0 saturated heterocycles. The summed E-state index contributed by atoms with van der Waals surface area (Å²) < 4.78 is 40.6. The normalized spacial score (nSPS) is 10.6. The van der Waals surface area contributed by atoms with Crippen molar-refractivity contribution in [1.82, 2.24) is 0 Å². The SMILES string of the molecule is Cc1cc(C(N)=O)ccc1C#Cc1ccc(OC(F)(F)F)c(C(=O)O)c1. The molecule has 2 aromatic carbocycles. The summed E-state index contributed by atoms with van der Waals surface area (Å²) in [7, 11) is 0. The molecule has 0 aliphatic rings. The Kier molecular flexibility index (Phi) is 5.22. The number of ether oxygens (including phenoxy) is 1. The highest BCUT2D eigenvalue weighted by Gasteiger charge is 2.33. The molecule has 2 aromatic rings. The highest BCUT2D eigenvalue weighted by Crippen LogP contribution is 2.27. The number of hydrogen-bond donors (Lipinski definition) is 2. The summed E-state index contributed by atoms with van der Waals surface area (Å²) in [4.78, 5) is 22.3. The second-order valence-corrected chi connectivity index (χ2v) is 5.21. The van der Waals surface area contributed by atoms with E-state index in [0.717, 1.165) is 12.1 Å². The van der Waals surface area contributed by atoms with E-state index in [4.69, 9.17) is 10.8 Å². The molecule has 3 N–H and O–H groups in total. The summed E-state index contributed by atoms with van der Waals surface area (Å²) in [6.07, 6.45) is -5.00. The zero-order valence-corrected chi connectivity index (χ0v) is 13.3. The summed E-state index contributed by atoms with van der Waals surface area (Å²) >= 11 is 0. The molecule has 0 unspecified atom stereocenters. The topological polar surface area (TPSA) is 89.6 Å². The van der Waals surface area contributed by atoms with Crippen LogP contribution < -0.4 is 10.5 Å². The van der Waals surface area contributed by atoms with Gasteiger partial charge in [0.1, 0.15) is 11.3 Å². The Morgan fingerprint density at radius 2 is 1.81 bits per heavy atom. The van der Waals surface area contributed by atoms with Crippen LogP contribution in [0.4, 0.5) is 13.2 Å². The molecule has 2 rings (SSSR count). The standard InChI is InChI=1S/C18H12F3NO4/c1-10-8-13(16(22)23)6-5-12(10)4-2-11-3-7-15(26-18(19,20)21)14(9-11)17(24)25/h3,5-9H,1H3,(H2,22,23)(H,24,25). The van der Waals surface area contributed by atoms with Crippen LogP contribution in [-0.4, -0.2) is 23.3 Å². The van der Waals surface area contributed by atoms with Crippen molar-refractivity contribution in [2.75, 3.05) is 0 Å². The number of benzene rings is 2. The van der Waals surface area contributed by atoms with Crippen molar-refractivity contribution in [2.45, 2.75) is 13.3 Å². The first kappa shape index (κ1) is 18.9. The molecule has 0 aliphatic carbocycles. The van der Waals surface area contributed by atoms with Crippen LogP contribution in [0.2, 0.25) is 0 Å². The molecule has 26 heavy (non-hydrogen) atoms. The van der Waals surface area contributed by atoms with Gasteiger partial charge in [-0.3, -0.25) is 4.79 Å². The Balaban J connectivity index is 2.37. The Morgan fingerprint density at radius 3 is 2.35 bits per heavy atom. The van der Waals surface area contributed by atoms with Crippen LogP contribution in [0, 0.1) is 18.8 Å². The first-order valence-electron chi connectivity index (χ1n) is 7.12. The summed E-state index contributed by atoms with van der Waals surface area (Å²) in [6, 6.07) is 7.71. The molecule has 0 radical (unpaired) electrons. The average Bonchev–Trinajstić information content (AvgIpc) is 2.53. The van der Waals surface area contributed by atoms with E-state index in [-0.39, 0.29) is 5.56 Å². The second-order valence-electron chi connectivity index (χ2n) is 5.21. The summed E-state index contributed by atoms with van der Waals surface area (Å²) in [5.41, 5.74) is 6.25. The van der Waals surface area contributed by atoms with E-state index in [0.29, 0.717) is 16.7 Å². The van der Waals surface area contributed by atoms with Crippen molar-refractivity contribution < 1.29 is 32.6 Å². The van der Waals surface area contributed by atoms with Gasteiger partial charge in [0.2, 0.25) is 5.91 Å². The summed E-state index contributed by atoms with van der Waals surface area (Å²) in [6.45, 7) is 1.71. The minimum Gasteiger partial charge on any atom is -0.478 e. The fourth-order valence-corrected chi connectivity index (χ4v) is 2.09. The minimum atomic E-state index is -5.00. The number of primary amides is 1. The van der Waals surface area contributed by atoms with Crippen LogP contribution in [-0.2, 0) is 0 Å². The molecule has 5 nitrogen and oxygen atoms in total. The molecule has 0 spiro atoms. The number of aryl methyl sites for hydroxylation is 1. The number of amides is 1. The van der Waals surface area contributed by atoms with Gasteiger partial charge in [0.15, 0.2) is 0 Å². The highest BCUT2D eigenvalue weighted by molar-refractivity contribution is 5.93. The summed E-state index contributed by atoms with van der Waals surface area (Å²) in [5.74, 6) is 2.46. The summed E-state index contributed by atoms with van der Waals surface area (Å²) in [5, 5.41) is 9.06. The molecule has 0 bridgehead atoms. The lowest BCUT2D eigenvalue weighted by molar-refractivity contribution is -0.274. The predicted octanol–water partition coefficient (Wildman–Crippen LogP) is 3.09. The number of rotatable bonds is 3. The Morgan fingerprint density at radius 1 is 1.12 bits per heavy atom. The van der Waals surface area contributed by atoms with Crippen molar-refractivity contribution in [3.05, 3.63) is 64.2 Å². The van der Waals surface area contributed by atoms with Crippen molar-refractivity contribution in [2.24, 2.45) is 5.73 Å². The number of carbonyl (C=O) groups is 2. The third-order valence-electron chi connectivity index (χ3n) is 3.29. The quantitative estimate of drug-likeness (QED) is 0.820. The first-order chi connectivity index (χ1) is 12.1. The van der Waals surface area contributed by atoms with Crippen molar-refractivity contribution in [1.29, 1.82) is 0 Å². The lowest BCUT2D eigenvalue weighted by Gasteiger charge is -2.11. The van der Waals surface area contributed by atoms with Gasteiger partial charge in [-0.05, 0) is 48.9 Å². The number of hydrogen-bond acceptors (Lipinski definition) is 3. The third-order valence-corrected chi connectivity index (χ3v) is 3.29. The van der Waals surface area contributed by atoms with Crippen LogP contribution in [0.3, 0.4) is 0 Å². The number of alkyl halides is 3. The van der Waals surface area contributed by atoms with Crippen molar-refractivity contribution in [3.63, 3.8) is 0 Å². The Labute approximate surface area is 146 Å². The predicted molar refractivity (Wildman–Crippen MR) is 85.8 cm³/mol. The van der Waals surface area contributed by atoms with E-state index in [2.05, 4.69) is 16.6 Å². The maximum Gasteiger partial charge on any atom is 0.573 e. The molecule has 0 atom stereocenters. The molecule has 0 aromatic heterocycles. The van der Waals surface area contributed by atoms with E-state index in [9.17, 15) is 22.8 Å². The molecule has 1 amide bonds. The van der Waals surface area contributed by atoms with Crippen LogP contribution >= 0.6 is 0 Å². The zero-order chi connectivity index (χ0) is 19.5. The van der Waals surface area contributed by atoms with E-state index in [1.165, 1.54) is 12.1 Å². The maximum absolute atomic E-state index is 12.3. The second kappa shape index (κ2) is 7.19. The monoisotopic (exact) mass is 363 g/mol. The third kappa shape index (κ3) is 4.77. The average molecular weight is 363 g/mol. The van der Waals surface area contributed by atoms with Crippen LogP contribution in [0.5, 0.6) is 5.75 Å². The van der Waals surface area contributed by atoms with Gasteiger partial charge < -0.3 is 15.6 Å². The molecule has 0 fully saturated rings. The maximum atomic E-state index is 12.3. The van der Waals surface area contributed by atoms with Crippen LogP contribution in [0.15, 0.2) is 36.4 Å². The lowest BCUT2D eigenvalue weighted by Crippen LogP contribution is -2.19. The van der Waals surface area contributed by atoms with Crippen LogP contribution in [0.25, 0.3) is 0 Å². The van der Waals surface area contributed by atoms with Gasteiger partial charge in [0, 0.05) is 16.7 Å². The van der Waals surface area contributed by atoms with Crippen molar-refractivity contribution >= 4 is 11.9 Å². The highest BCUT2D eigenvalue weighted by atomic mass is 19.4. The van der Waals surface area contributed by atoms with E-state index < -0.39 is 29.6 Å². The molecule has 0 aliphatic heterocycles. The minimum absolute atomic E-state index is 0.190. The van der Waals surface area contributed by atoms with Gasteiger partial charge in [0.25, 0.3) is 0 Å². The van der Waals surface area contributed by atoms with Gasteiger partial charge in [-0.1, -0.05) is 11.8 Å². The van der Waals surface area contributed by atoms with Gasteiger partial charge in [-0.2, -0.15) is 0 Å². The Bertz CT molecular complexity index is 940. The molecule has 0 heterocycles. The number of aromatic carboxylic acids is 1. The van der Waals surface area contributed by atoms with Gasteiger partial charge >= 0.3 is 12.3 Å². The Hall–Kier alpha value is -3.47. The number of nitrogens with two attached hydrogens (primary N) is 1. The fraction of sp³-hybridized carbons (Fsp3) is 0.111. The van der Waals surface area contributed by atoms with Gasteiger partial charge in [-0.25, -0.2) is 4.79 Å². The first-order valence-corrected chi connectivity index (χ1v) is 7.12. The van der Waals surface area contributed by atoms with E-state index >= 15 is 0 Å². The van der Waals surface area contributed by atoms with Crippen LogP contribution in [0.1, 0.15) is 37.4 Å². The molecular weight excluding hydrogens is 351 g/mol. The molecular formula is C18H12F3NO4. The number of carbonyl (C=O) groups excluding carboxylic acids is 1. The van der Waals surface area contributed by atoms with E-state index in [1.54, 1.807) is 19.1 Å². The number of carboxylic acids is 1. The number of halogens is 3. The molecule has 134 valence electrons.